The molecule has 0 bridgehead atoms. The molecular formula is C51H30N4OS. The maximum Gasteiger partial charge on any atom is 0.165 e. The van der Waals surface area contributed by atoms with Gasteiger partial charge in [-0.2, -0.15) is 0 Å². The van der Waals surface area contributed by atoms with Crippen molar-refractivity contribution in [1.82, 2.24) is 19.5 Å². The van der Waals surface area contributed by atoms with Crippen LogP contribution in [0.15, 0.2) is 186 Å². The summed E-state index contributed by atoms with van der Waals surface area (Å²) in [5.41, 5.74) is 10.2. The first-order valence-corrected chi connectivity index (χ1v) is 19.8. The summed E-state index contributed by atoms with van der Waals surface area (Å²) in [4.78, 5) is 15.6. The van der Waals surface area contributed by atoms with Gasteiger partial charge in [0.2, 0.25) is 0 Å². The first-order valence-electron chi connectivity index (χ1n) is 19.0. The average Bonchev–Trinajstić information content (AvgIpc) is 3.96. The van der Waals surface area contributed by atoms with Crippen LogP contribution in [0.1, 0.15) is 0 Å². The lowest BCUT2D eigenvalue weighted by molar-refractivity contribution is 0.669. The van der Waals surface area contributed by atoms with Crippen molar-refractivity contribution in [3.63, 3.8) is 0 Å². The van der Waals surface area contributed by atoms with E-state index in [0.29, 0.717) is 17.5 Å². The van der Waals surface area contributed by atoms with Gasteiger partial charge < -0.3 is 8.98 Å². The first-order chi connectivity index (χ1) is 28.3. The zero-order valence-corrected chi connectivity index (χ0v) is 31.2. The second kappa shape index (κ2) is 12.6. The van der Waals surface area contributed by atoms with Gasteiger partial charge in [0, 0.05) is 64.0 Å². The molecule has 0 saturated carbocycles. The average molecular weight is 747 g/mol. The Morgan fingerprint density at radius 2 is 0.982 bits per heavy atom. The van der Waals surface area contributed by atoms with Gasteiger partial charge in [0.25, 0.3) is 0 Å². The van der Waals surface area contributed by atoms with Gasteiger partial charge in [-0.3, -0.25) is 0 Å². The van der Waals surface area contributed by atoms with Gasteiger partial charge in [0.15, 0.2) is 17.5 Å². The van der Waals surface area contributed by atoms with Crippen LogP contribution in [0.2, 0.25) is 0 Å². The van der Waals surface area contributed by atoms with Crippen LogP contribution in [0.25, 0.3) is 115 Å². The van der Waals surface area contributed by atoms with Gasteiger partial charge in [0.1, 0.15) is 11.2 Å². The molecule has 8 aromatic carbocycles. The Kier molecular flexibility index (Phi) is 7.03. The maximum absolute atomic E-state index is 6.46. The number of nitrogens with zero attached hydrogens (tertiary/aromatic N) is 4. The van der Waals surface area contributed by atoms with Crippen molar-refractivity contribution >= 4 is 75.3 Å². The smallest absolute Gasteiger partial charge is 0.165 e. The number of furan rings is 1. The maximum atomic E-state index is 6.46. The Labute approximate surface area is 330 Å². The lowest BCUT2D eigenvalue weighted by atomic mass is 9.96. The van der Waals surface area contributed by atoms with Crippen molar-refractivity contribution in [1.29, 1.82) is 0 Å². The molecule has 0 amide bonds. The molecule has 0 aliphatic rings. The van der Waals surface area contributed by atoms with Crippen LogP contribution in [0.5, 0.6) is 0 Å². The third-order valence-corrected chi connectivity index (χ3v) is 12.3. The van der Waals surface area contributed by atoms with Gasteiger partial charge in [-0.25, -0.2) is 15.0 Å². The van der Waals surface area contributed by atoms with Crippen LogP contribution >= 0.6 is 11.3 Å². The number of thiophene rings is 1. The van der Waals surface area contributed by atoms with E-state index in [1.54, 1.807) is 11.3 Å². The third kappa shape index (κ3) is 4.98. The lowest BCUT2D eigenvalue weighted by Gasteiger charge is -2.16. The van der Waals surface area contributed by atoms with E-state index in [0.717, 1.165) is 76.6 Å². The molecule has 12 aromatic rings. The summed E-state index contributed by atoms with van der Waals surface area (Å²) < 4.78 is 11.2. The Hall–Kier alpha value is -7.41. The molecule has 0 N–H and O–H groups in total. The predicted molar refractivity (Wildman–Crippen MR) is 236 cm³/mol. The van der Waals surface area contributed by atoms with E-state index in [4.69, 9.17) is 19.4 Å². The summed E-state index contributed by atoms with van der Waals surface area (Å²) in [5.74, 6) is 1.89. The molecule has 0 saturated heterocycles. The van der Waals surface area contributed by atoms with E-state index in [1.165, 1.54) is 20.9 Å². The number of hydrogen-bond donors (Lipinski definition) is 0. The number of fused-ring (bicyclic) bond motifs is 10. The van der Waals surface area contributed by atoms with Gasteiger partial charge in [0.05, 0.1) is 16.7 Å². The highest BCUT2D eigenvalue weighted by Crippen LogP contribution is 2.48. The zero-order valence-electron chi connectivity index (χ0n) is 30.4. The van der Waals surface area contributed by atoms with E-state index in [-0.39, 0.29) is 0 Å². The van der Waals surface area contributed by atoms with Crippen molar-refractivity contribution in [2.24, 2.45) is 0 Å². The molecule has 0 unspecified atom stereocenters. The Balaban J connectivity index is 1.21. The van der Waals surface area contributed by atoms with Crippen LogP contribution in [0.3, 0.4) is 0 Å². The van der Waals surface area contributed by atoms with Crippen LogP contribution in [0.4, 0.5) is 0 Å². The van der Waals surface area contributed by atoms with Crippen LogP contribution < -0.4 is 0 Å². The summed E-state index contributed by atoms with van der Waals surface area (Å²) in [6.45, 7) is 0. The summed E-state index contributed by atoms with van der Waals surface area (Å²) in [5, 5.41) is 7.00. The van der Waals surface area contributed by atoms with Crippen molar-refractivity contribution in [3.05, 3.63) is 182 Å². The molecular weight excluding hydrogens is 717 g/mol. The highest BCUT2D eigenvalue weighted by atomic mass is 32.1. The fourth-order valence-corrected chi connectivity index (χ4v) is 9.73. The monoisotopic (exact) mass is 746 g/mol. The zero-order chi connectivity index (χ0) is 37.5. The summed E-state index contributed by atoms with van der Waals surface area (Å²) in [6, 6.07) is 63.7. The van der Waals surface area contributed by atoms with E-state index in [9.17, 15) is 0 Å². The Morgan fingerprint density at radius 3 is 1.68 bits per heavy atom. The molecule has 0 aliphatic carbocycles. The minimum Gasteiger partial charge on any atom is -0.456 e. The standard InChI is InChI=1S/C51H30N4OS/c1-3-15-31(16-4-1)49-52-50(32-17-5-2-6-18-32)54-51(53-49)39-30-33(29-38-47-45(57-48(38)39)28-27-44-46(47)37-22-10-14-26-43(37)56-44)34-19-7-11-23-40(34)55-41-24-12-8-20-35(41)36-21-9-13-25-42(36)55/h1-30H. The minimum absolute atomic E-state index is 0.628. The number of para-hydroxylation sites is 4. The van der Waals surface area contributed by atoms with E-state index >= 15 is 0 Å². The molecule has 4 aromatic heterocycles. The number of aromatic nitrogens is 4. The second-order valence-electron chi connectivity index (χ2n) is 14.3. The van der Waals surface area contributed by atoms with Gasteiger partial charge in [-0.1, -0.05) is 133 Å². The largest absolute Gasteiger partial charge is 0.456 e. The summed E-state index contributed by atoms with van der Waals surface area (Å²) in [7, 11) is 0. The van der Waals surface area contributed by atoms with Crippen molar-refractivity contribution in [2.75, 3.05) is 0 Å². The Morgan fingerprint density at radius 1 is 0.404 bits per heavy atom. The normalized spacial score (nSPS) is 11.9. The fourth-order valence-electron chi connectivity index (χ4n) is 8.53. The highest BCUT2D eigenvalue weighted by molar-refractivity contribution is 7.26. The van der Waals surface area contributed by atoms with Crippen molar-refractivity contribution < 1.29 is 4.42 Å². The predicted octanol–water partition coefficient (Wildman–Crippen LogP) is 13.9. The van der Waals surface area contributed by atoms with Crippen LogP contribution in [-0.2, 0) is 0 Å². The quantitative estimate of drug-likeness (QED) is 0.176. The second-order valence-corrected chi connectivity index (χ2v) is 15.4. The third-order valence-electron chi connectivity index (χ3n) is 11.1. The molecule has 57 heavy (non-hydrogen) atoms. The summed E-state index contributed by atoms with van der Waals surface area (Å²) >= 11 is 1.78. The van der Waals surface area contributed by atoms with Gasteiger partial charge in [-0.15, -0.1) is 11.3 Å². The van der Waals surface area contributed by atoms with E-state index < -0.39 is 0 Å². The fraction of sp³-hybridized carbons (Fsp3) is 0. The lowest BCUT2D eigenvalue weighted by Crippen LogP contribution is -2.01. The molecule has 0 spiro atoms. The molecule has 0 radical (unpaired) electrons. The molecule has 0 fully saturated rings. The topological polar surface area (TPSA) is 56.7 Å². The van der Waals surface area contributed by atoms with Crippen molar-refractivity contribution in [3.8, 4) is 51.0 Å². The van der Waals surface area contributed by atoms with Gasteiger partial charge in [-0.05, 0) is 54.1 Å². The SMILES string of the molecule is c1ccc(-c2nc(-c3ccccc3)nc(-c3cc(-c4ccccc4-n4c5ccccc5c5ccccc54)cc4c3sc3ccc5oc6ccccc6c5c34)n2)cc1. The van der Waals surface area contributed by atoms with Crippen molar-refractivity contribution in [2.45, 2.75) is 0 Å². The first kappa shape index (κ1) is 31.9. The highest BCUT2D eigenvalue weighted by Gasteiger charge is 2.23. The molecule has 266 valence electrons. The van der Waals surface area contributed by atoms with E-state index in [2.05, 4.69) is 144 Å². The van der Waals surface area contributed by atoms with Gasteiger partial charge >= 0.3 is 0 Å². The molecule has 0 aliphatic heterocycles. The molecule has 5 nitrogen and oxygen atoms in total. The molecule has 12 rings (SSSR count). The number of rotatable bonds is 5. The number of benzene rings is 8. The van der Waals surface area contributed by atoms with Crippen LogP contribution in [0, 0.1) is 0 Å². The molecule has 6 heteroatoms. The molecule has 4 heterocycles. The minimum atomic E-state index is 0.628. The molecule has 0 atom stereocenters. The summed E-state index contributed by atoms with van der Waals surface area (Å²) in [6.07, 6.45) is 0. The Bertz CT molecular complexity index is 3420. The number of hydrogen-bond acceptors (Lipinski definition) is 5. The van der Waals surface area contributed by atoms with E-state index in [1.807, 2.05) is 42.5 Å². The van der Waals surface area contributed by atoms with Crippen LogP contribution in [-0.4, -0.2) is 19.5 Å².